The molecule has 0 fully saturated rings. The van der Waals surface area contributed by atoms with Crippen LogP contribution < -0.4 is 0 Å². The Labute approximate surface area is 78.0 Å². The zero-order valence-corrected chi connectivity index (χ0v) is 8.16. The summed E-state index contributed by atoms with van der Waals surface area (Å²) in [6.07, 6.45) is 5.71. The van der Waals surface area contributed by atoms with Gasteiger partial charge in [0.05, 0.1) is 6.26 Å². The molecule has 72 valence electrons. The van der Waals surface area contributed by atoms with Crippen molar-refractivity contribution < 1.29 is 14.3 Å². The third-order valence-corrected chi connectivity index (χ3v) is 1.97. The fourth-order valence-electron chi connectivity index (χ4n) is 0.963. The van der Waals surface area contributed by atoms with Gasteiger partial charge >= 0.3 is 5.97 Å². The predicted octanol–water partition coefficient (Wildman–Crippen LogP) is 2.15. The summed E-state index contributed by atoms with van der Waals surface area (Å²) in [5, 5.41) is 0. The number of hydrogen-bond acceptors (Lipinski definition) is 3. The minimum atomic E-state index is -0.804. The van der Waals surface area contributed by atoms with Crippen molar-refractivity contribution in [1.82, 2.24) is 0 Å². The molecular formula is C10H14O3. The molecule has 13 heavy (non-hydrogen) atoms. The zero-order chi connectivity index (χ0) is 9.90. The van der Waals surface area contributed by atoms with Gasteiger partial charge in [-0.3, -0.25) is 0 Å². The largest absolute Gasteiger partial charge is 0.460 e. The Bertz CT molecular complexity index is 255. The molecule has 1 aliphatic rings. The van der Waals surface area contributed by atoms with Gasteiger partial charge in [0.2, 0.25) is 0 Å². The van der Waals surface area contributed by atoms with Crippen molar-refractivity contribution in [2.45, 2.75) is 33.0 Å². The minimum absolute atomic E-state index is 0.325. The molecule has 0 N–H and O–H groups in total. The Kier molecular flexibility index (Phi) is 2.76. The smallest absolute Gasteiger partial charge is 0.336 e. The molecule has 1 heterocycles. The van der Waals surface area contributed by atoms with Crippen LogP contribution in [0.4, 0.5) is 0 Å². The Morgan fingerprint density at radius 2 is 2.38 bits per heavy atom. The molecule has 1 atom stereocenters. The van der Waals surface area contributed by atoms with E-state index in [0.29, 0.717) is 12.0 Å². The van der Waals surface area contributed by atoms with E-state index < -0.39 is 5.79 Å². The Balaban J connectivity index is 2.54. The maximum Gasteiger partial charge on any atom is 0.336 e. The minimum Gasteiger partial charge on any atom is -0.460 e. The maximum atomic E-state index is 11.3. The first-order chi connectivity index (χ1) is 6.07. The monoisotopic (exact) mass is 182 g/mol. The summed E-state index contributed by atoms with van der Waals surface area (Å²) in [7, 11) is 0. The van der Waals surface area contributed by atoms with Crippen LogP contribution in [0.3, 0.4) is 0 Å². The van der Waals surface area contributed by atoms with Crippen molar-refractivity contribution in [1.29, 1.82) is 0 Å². The number of hydrogen-bond donors (Lipinski definition) is 0. The summed E-state index contributed by atoms with van der Waals surface area (Å²) in [6.45, 7) is 5.26. The fraction of sp³-hybridized carbons (Fsp3) is 0.500. The molecular weight excluding hydrogens is 168 g/mol. The van der Waals surface area contributed by atoms with Gasteiger partial charge in [-0.2, -0.15) is 0 Å². The number of esters is 1. The molecule has 0 amide bonds. The fourth-order valence-corrected chi connectivity index (χ4v) is 0.963. The average molecular weight is 182 g/mol. The summed E-state index contributed by atoms with van der Waals surface area (Å²) in [6, 6.07) is 0. The molecule has 0 spiro atoms. The Morgan fingerprint density at radius 3 is 2.85 bits per heavy atom. The van der Waals surface area contributed by atoms with Gasteiger partial charge in [-0.25, -0.2) is 4.79 Å². The summed E-state index contributed by atoms with van der Waals surface area (Å²) in [4.78, 5) is 11.3. The van der Waals surface area contributed by atoms with Gasteiger partial charge in [-0.05, 0) is 19.9 Å². The molecule has 1 unspecified atom stereocenters. The van der Waals surface area contributed by atoms with E-state index in [4.69, 9.17) is 9.47 Å². The third-order valence-electron chi connectivity index (χ3n) is 1.97. The highest BCUT2D eigenvalue weighted by Crippen LogP contribution is 2.24. The molecule has 0 radical (unpaired) electrons. The topological polar surface area (TPSA) is 35.5 Å². The van der Waals surface area contributed by atoms with E-state index in [1.54, 1.807) is 33.1 Å². The summed E-state index contributed by atoms with van der Waals surface area (Å²) in [5.74, 6) is -1.13. The molecule has 1 rings (SSSR count). The molecule has 0 saturated carbocycles. The van der Waals surface area contributed by atoms with Crippen LogP contribution in [-0.4, -0.2) is 11.8 Å². The van der Waals surface area contributed by atoms with Gasteiger partial charge in [0, 0.05) is 18.9 Å². The van der Waals surface area contributed by atoms with Crippen molar-refractivity contribution in [2.75, 3.05) is 0 Å². The third kappa shape index (κ3) is 2.34. The first kappa shape index (κ1) is 9.84. The Hall–Kier alpha value is -1.25. The van der Waals surface area contributed by atoms with Crippen LogP contribution in [0.15, 0.2) is 24.0 Å². The van der Waals surface area contributed by atoms with E-state index in [1.165, 1.54) is 0 Å². The second-order valence-corrected chi connectivity index (χ2v) is 3.19. The zero-order valence-electron chi connectivity index (χ0n) is 8.16. The maximum absolute atomic E-state index is 11.3. The number of carbonyl (C=O) groups excluding carboxylic acids is 1. The molecule has 0 saturated heterocycles. The van der Waals surface area contributed by atoms with Crippen molar-refractivity contribution in [3.63, 3.8) is 0 Å². The van der Waals surface area contributed by atoms with Gasteiger partial charge in [0.1, 0.15) is 0 Å². The quantitative estimate of drug-likeness (QED) is 0.485. The van der Waals surface area contributed by atoms with Gasteiger partial charge in [0.25, 0.3) is 5.79 Å². The van der Waals surface area contributed by atoms with Gasteiger partial charge in [-0.15, -0.1) is 0 Å². The molecule has 0 aromatic carbocycles. The van der Waals surface area contributed by atoms with E-state index in [2.05, 4.69) is 0 Å². The highest BCUT2D eigenvalue weighted by Gasteiger charge is 2.31. The van der Waals surface area contributed by atoms with Gasteiger partial charge < -0.3 is 9.47 Å². The molecule has 0 aromatic rings. The summed E-state index contributed by atoms with van der Waals surface area (Å²) in [5.41, 5.74) is 0.594. The van der Waals surface area contributed by atoms with Crippen LogP contribution in [0.25, 0.3) is 0 Å². The van der Waals surface area contributed by atoms with Crippen molar-refractivity contribution >= 4 is 5.97 Å². The average Bonchev–Trinajstić information content (AvgIpc) is 2.50. The highest BCUT2D eigenvalue weighted by molar-refractivity contribution is 5.87. The van der Waals surface area contributed by atoms with E-state index in [-0.39, 0.29) is 5.97 Å². The first-order valence-electron chi connectivity index (χ1n) is 4.26. The van der Waals surface area contributed by atoms with E-state index in [0.717, 1.165) is 0 Å². The molecule has 0 bridgehead atoms. The number of allylic oxidation sites excluding steroid dienone is 1. The molecule has 0 aromatic heterocycles. The van der Waals surface area contributed by atoms with Crippen LogP contribution in [-0.2, 0) is 14.3 Å². The lowest BCUT2D eigenvalue weighted by atomic mass is 10.2. The summed E-state index contributed by atoms with van der Waals surface area (Å²) < 4.78 is 10.3. The van der Waals surface area contributed by atoms with Crippen LogP contribution in [0.1, 0.15) is 27.2 Å². The highest BCUT2D eigenvalue weighted by atomic mass is 16.7. The van der Waals surface area contributed by atoms with Crippen LogP contribution >= 0.6 is 0 Å². The lowest BCUT2D eigenvalue weighted by Gasteiger charge is -2.23. The SMILES string of the molecule is CC=C(C)C(=O)OC1(C)CC=CO1. The first-order valence-corrected chi connectivity index (χ1v) is 4.26. The Morgan fingerprint density at radius 1 is 1.69 bits per heavy atom. The number of ether oxygens (including phenoxy) is 2. The van der Waals surface area contributed by atoms with Crippen LogP contribution in [0, 0.1) is 0 Å². The summed E-state index contributed by atoms with van der Waals surface area (Å²) >= 11 is 0. The van der Waals surface area contributed by atoms with Crippen LogP contribution in [0.5, 0.6) is 0 Å². The molecule has 3 nitrogen and oxygen atoms in total. The molecule has 1 aliphatic heterocycles. The predicted molar refractivity (Wildman–Crippen MR) is 48.8 cm³/mol. The van der Waals surface area contributed by atoms with E-state index in [9.17, 15) is 4.79 Å². The lowest BCUT2D eigenvalue weighted by Crippen LogP contribution is -2.30. The number of carbonyl (C=O) groups is 1. The van der Waals surface area contributed by atoms with Crippen molar-refractivity contribution in [2.24, 2.45) is 0 Å². The molecule has 0 aliphatic carbocycles. The van der Waals surface area contributed by atoms with Gasteiger partial charge in [0.15, 0.2) is 0 Å². The lowest BCUT2D eigenvalue weighted by molar-refractivity contribution is -0.192. The van der Waals surface area contributed by atoms with E-state index in [1.807, 2.05) is 6.08 Å². The molecule has 3 heteroatoms. The van der Waals surface area contributed by atoms with Crippen molar-refractivity contribution in [3.05, 3.63) is 24.0 Å². The van der Waals surface area contributed by atoms with E-state index >= 15 is 0 Å². The normalized spacial score (nSPS) is 27.2. The standard InChI is InChI=1S/C10H14O3/c1-4-8(2)9(11)13-10(3)6-5-7-12-10/h4-5,7H,6H2,1-3H3. The van der Waals surface area contributed by atoms with Crippen LogP contribution in [0.2, 0.25) is 0 Å². The number of rotatable bonds is 2. The second kappa shape index (κ2) is 3.64. The van der Waals surface area contributed by atoms with Gasteiger partial charge in [-0.1, -0.05) is 6.08 Å². The van der Waals surface area contributed by atoms with Crippen molar-refractivity contribution in [3.8, 4) is 0 Å². The second-order valence-electron chi connectivity index (χ2n) is 3.19.